The molecule has 0 spiro atoms. The number of carbonyl (C=O) groups is 1. The normalized spacial score (nSPS) is 13.9. The quantitative estimate of drug-likeness (QED) is 0.717. The number of aromatic nitrogens is 3. The Labute approximate surface area is 157 Å². The van der Waals surface area contributed by atoms with Gasteiger partial charge in [-0.1, -0.05) is 12.1 Å². The lowest BCUT2D eigenvalue weighted by molar-refractivity contribution is -0.131. The second-order valence-electron chi connectivity index (χ2n) is 6.86. The first-order chi connectivity index (χ1) is 13.1. The molecule has 0 bridgehead atoms. The smallest absolute Gasteiger partial charge is 0.227 e. The van der Waals surface area contributed by atoms with Crippen LogP contribution in [0.4, 0.5) is 4.39 Å². The SMILES string of the molecule is Cn1nc(-c2cccnc2)c2c1CN(C(=O)Cc1ccc(F)cc1)CCC2. The van der Waals surface area contributed by atoms with Gasteiger partial charge < -0.3 is 4.90 Å². The van der Waals surface area contributed by atoms with Crippen molar-refractivity contribution in [3.8, 4) is 11.3 Å². The maximum atomic E-state index is 13.1. The summed E-state index contributed by atoms with van der Waals surface area (Å²) in [5.41, 5.74) is 5.04. The van der Waals surface area contributed by atoms with Crippen LogP contribution < -0.4 is 0 Å². The molecule has 0 fully saturated rings. The molecule has 0 saturated carbocycles. The molecule has 0 saturated heterocycles. The lowest BCUT2D eigenvalue weighted by Gasteiger charge is -2.21. The summed E-state index contributed by atoms with van der Waals surface area (Å²) in [6.07, 6.45) is 5.63. The Morgan fingerprint density at radius 3 is 2.78 bits per heavy atom. The van der Waals surface area contributed by atoms with Crippen LogP contribution >= 0.6 is 0 Å². The van der Waals surface area contributed by atoms with E-state index in [1.807, 2.05) is 35.0 Å². The first-order valence-corrected chi connectivity index (χ1v) is 9.09. The summed E-state index contributed by atoms with van der Waals surface area (Å²) in [6.45, 7) is 1.25. The van der Waals surface area contributed by atoms with Crippen LogP contribution in [0.25, 0.3) is 11.3 Å². The molecular weight excluding hydrogens is 343 g/mol. The zero-order valence-corrected chi connectivity index (χ0v) is 15.2. The molecule has 0 radical (unpaired) electrons. The van der Waals surface area contributed by atoms with E-state index in [-0.39, 0.29) is 18.1 Å². The van der Waals surface area contributed by atoms with Gasteiger partial charge in [-0.05, 0) is 42.7 Å². The number of hydrogen-bond donors (Lipinski definition) is 0. The van der Waals surface area contributed by atoms with E-state index in [1.165, 1.54) is 17.7 Å². The maximum Gasteiger partial charge on any atom is 0.227 e. The Morgan fingerprint density at radius 2 is 2.04 bits per heavy atom. The Kier molecular flexibility index (Phi) is 4.71. The van der Waals surface area contributed by atoms with Crippen LogP contribution in [-0.4, -0.2) is 32.1 Å². The van der Waals surface area contributed by atoms with Gasteiger partial charge in [0, 0.05) is 37.1 Å². The molecule has 0 atom stereocenters. The lowest BCUT2D eigenvalue weighted by Crippen LogP contribution is -2.32. The summed E-state index contributed by atoms with van der Waals surface area (Å²) in [6, 6.07) is 10.0. The number of benzene rings is 1. The highest BCUT2D eigenvalue weighted by Crippen LogP contribution is 2.29. The van der Waals surface area contributed by atoms with Crippen LogP contribution in [0.1, 0.15) is 23.2 Å². The van der Waals surface area contributed by atoms with E-state index in [4.69, 9.17) is 0 Å². The standard InChI is InChI=1S/C21H21FN4O/c1-25-19-14-26(20(27)12-15-6-8-17(22)9-7-15)11-3-5-18(19)21(24-25)16-4-2-10-23-13-16/h2,4,6-10,13H,3,5,11-12,14H2,1H3. The van der Waals surface area contributed by atoms with Gasteiger partial charge in [-0.2, -0.15) is 5.10 Å². The fraction of sp³-hybridized carbons (Fsp3) is 0.286. The molecule has 0 N–H and O–H groups in total. The zero-order chi connectivity index (χ0) is 18.8. The highest BCUT2D eigenvalue weighted by atomic mass is 19.1. The number of rotatable bonds is 3. The summed E-state index contributed by atoms with van der Waals surface area (Å²) >= 11 is 0. The molecule has 3 heterocycles. The first-order valence-electron chi connectivity index (χ1n) is 9.09. The van der Waals surface area contributed by atoms with Gasteiger partial charge in [-0.3, -0.25) is 14.5 Å². The minimum absolute atomic E-state index is 0.0542. The van der Waals surface area contributed by atoms with Gasteiger partial charge in [0.05, 0.1) is 24.4 Å². The molecular formula is C21H21FN4O. The maximum absolute atomic E-state index is 13.1. The monoisotopic (exact) mass is 364 g/mol. The largest absolute Gasteiger partial charge is 0.337 e. The molecule has 5 nitrogen and oxygen atoms in total. The Balaban J connectivity index is 1.57. The molecule has 138 valence electrons. The molecule has 1 aromatic carbocycles. The molecule has 0 unspecified atom stereocenters. The van der Waals surface area contributed by atoms with Crippen LogP contribution in [0.2, 0.25) is 0 Å². The van der Waals surface area contributed by atoms with Crippen LogP contribution in [0.3, 0.4) is 0 Å². The highest BCUT2D eigenvalue weighted by molar-refractivity contribution is 5.79. The van der Waals surface area contributed by atoms with E-state index in [0.717, 1.165) is 35.4 Å². The number of aryl methyl sites for hydroxylation is 1. The highest BCUT2D eigenvalue weighted by Gasteiger charge is 2.25. The second-order valence-corrected chi connectivity index (χ2v) is 6.86. The van der Waals surface area contributed by atoms with Crippen molar-refractivity contribution in [2.45, 2.75) is 25.8 Å². The fourth-order valence-electron chi connectivity index (χ4n) is 3.61. The number of hydrogen-bond acceptors (Lipinski definition) is 3. The molecule has 0 aliphatic carbocycles. The van der Waals surface area contributed by atoms with Gasteiger partial charge in [0.15, 0.2) is 0 Å². The summed E-state index contributed by atoms with van der Waals surface area (Å²) in [4.78, 5) is 18.9. The van der Waals surface area contributed by atoms with Crippen LogP contribution in [0.5, 0.6) is 0 Å². The third-order valence-electron chi connectivity index (χ3n) is 5.03. The van der Waals surface area contributed by atoms with Gasteiger partial charge in [0.2, 0.25) is 5.91 Å². The van der Waals surface area contributed by atoms with E-state index in [2.05, 4.69) is 10.1 Å². The summed E-state index contributed by atoms with van der Waals surface area (Å²) in [5.74, 6) is -0.234. The molecule has 1 amide bonds. The zero-order valence-electron chi connectivity index (χ0n) is 15.2. The minimum atomic E-state index is -0.288. The number of amides is 1. The third-order valence-corrected chi connectivity index (χ3v) is 5.03. The molecule has 2 aromatic heterocycles. The van der Waals surface area contributed by atoms with Crippen molar-refractivity contribution in [2.24, 2.45) is 7.05 Å². The predicted molar refractivity (Wildman–Crippen MR) is 100 cm³/mol. The number of halogens is 1. The molecule has 3 aromatic rings. The summed E-state index contributed by atoms with van der Waals surface area (Å²) < 4.78 is 15.0. The van der Waals surface area contributed by atoms with Crippen LogP contribution in [0, 0.1) is 5.82 Å². The topological polar surface area (TPSA) is 51.0 Å². The molecule has 27 heavy (non-hydrogen) atoms. The fourth-order valence-corrected chi connectivity index (χ4v) is 3.61. The van der Waals surface area contributed by atoms with Crippen LogP contribution in [0.15, 0.2) is 48.8 Å². The van der Waals surface area contributed by atoms with Crippen LogP contribution in [-0.2, 0) is 31.2 Å². The predicted octanol–water partition coefficient (Wildman–Crippen LogP) is 3.14. The average Bonchev–Trinajstić information content (AvgIpc) is 2.85. The third kappa shape index (κ3) is 3.60. The van der Waals surface area contributed by atoms with Crippen molar-refractivity contribution in [3.63, 3.8) is 0 Å². The molecule has 1 aliphatic heterocycles. The minimum Gasteiger partial charge on any atom is -0.337 e. The van der Waals surface area contributed by atoms with E-state index >= 15 is 0 Å². The number of pyridine rings is 1. The Morgan fingerprint density at radius 1 is 1.22 bits per heavy atom. The van der Waals surface area contributed by atoms with Gasteiger partial charge in [0.25, 0.3) is 0 Å². The van der Waals surface area contributed by atoms with E-state index in [9.17, 15) is 9.18 Å². The summed E-state index contributed by atoms with van der Waals surface area (Å²) in [7, 11) is 1.92. The van der Waals surface area contributed by atoms with Crippen molar-refractivity contribution in [3.05, 3.63) is 71.4 Å². The molecule has 1 aliphatic rings. The number of carbonyl (C=O) groups excluding carboxylic acids is 1. The Bertz CT molecular complexity index is 950. The second kappa shape index (κ2) is 7.31. The van der Waals surface area contributed by atoms with Gasteiger partial charge in [0.1, 0.15) is 5.82 Å². The molecule has 4 rings (SSSR count). The van der Waals surface area contributed by atoms with Gasteiger partial charge in [-0.25, -0.2) is 4.39 Å². The number of fused-ring (bicyclic) bond motifs is 1. The first kappa shape index (κ1) is 17.4. The molecule has 6 heteroatoms. The van der Waals surface area contributed by atoms with Gasteiger partial charge in [-0.15, -0.1) is 0 Å². The van der Waals surface area contributed by atoms with Crippen molar-refractivity contribution >= 4 is 5.91 Å². The Hall–Kier alpha value is -3.02. The van der Waals surface area contributed by atoms with Crippen molar-refractivity contribution in [1.82, 2.24) is 19.7 Å². The number of nitrogens with zero attached hydrogens (tertiary/aromatic N) is 4. The lowest BCUT2D eigenvalue weighted by atomic mass is 10.0. The van der Waals surface area contributed by atoms with E-state index in [0.29, 0.717) is 13.1 Å². The van der Waals surface area contributed by atoms with Crippen molar-refractivity contribution in [2.75, 3.05) is 6.54 Å². The van der Waals surface area contributed by atoms with Crippen molar-refractivity contribution in [1.29, 1.82) is 0 Å². The van der Waals surface area contributed by atoms with Gasteiger partial charge >= 0.3 is 0 Å². The summed E-state index contributed by atoms with van der Waals surface area (Å²) in [5, 5.41) is 4.69. The van der Waals surface area contributed by atoms with E-state index < -0.39 is 0 Å². The van der Waals surface area contributed by atoms with Crippen molar-refractivity contribution < 1.29 is 9.18 Å². The van der Waals surface area contributed by atoms with E-state index in [1.54, 1.807) is 18.3 Å². The average molecular weight is 364 g/mol.